The number of carbonyl (C=O) groups is 1. The number of fused-ring (bicyclic) bond motifs is 1. The molecule has 2 aliphatic heterocycles. The summed E-state index contributed by atoms with van der Waals surface area (Å²) in [5, 5.41) is 0. The molecule has 2 saturated heterocycles. The third kappa shape index (κ3) is 3.17. The lowest BCUT2D eigenvalue weighted by molar-refractivity contribution is -0.0327. The quantitative estimate of drug-likeness (QED) is 0.845. The highest BCUT2D eigenvalue weighted by Crippen LogP contribution is 2.41. The van der Waals surface area contributed by atoms with Crippen LogP contribution in [0.2, 0.25) is 0 Å². The number of halogens is 1. The summed E-state index contributed by atoms with van der Waals surface area (Å²) in [4.78, 5) is 18.6. The van der Waals surface area contributed by atoms with Gasteiger partial charge in [0.2, 0.25) is 0 Å². The van der Waals surface area contributed by atoms with Crippen LogP contribution in [0, 0.1) is 11.2 Å². The maximum atomic E-state index is 14.0. The van der Waals surface area contributed by atoms with Gasteiger partial charge in [-0.1, -0.05) is 12.1 Å². The molecule has 0 radical (unpaired) electrons. The van der Waals surface area contributed by atoms with Crippen molar-refractivity contribution in [1.82, 2.24) is 9.88 Å². The van der Waals surface area contributed by atoms with E-state index in [1.807, 2.05) is 12.1 Å². The number of amides is 1. The SMILES string of the molecule is O=C(c1ccccc1F)N1CC[C@@H]2OCC[C@]2(COc2cccnc2)C1. The van der Waals surface area contributed by atoms with Gasteiger partial charge >= 0.3 is 0 Å². The van der Waals surface area contributed by atoms with E-state index in [1.54, 1.807) is 29.4 Å². The van der Waals surface area contributed by atoms with Gasteiger partial charge in [-0.2, -0.15) is 0 Å². The second kappa shape index (κ2) is 7.03. The summed E-state index contributed by atoms with van der Waals surface area (Å²) in [6.45, 7) is 2.17. The molecule has 2 aromatic rings. The normalized spacial score (nSPS) is 25.0. The van der Waals surface area contributed by atoms with Crippen molar-refractivity contribution in [3.05, 3.63) is 60.2 Å². The number of hydrogen-bond acceptors (Lipinski definition) is 4. The molecule has 0 bridgehead atoms. The third-order valence-electron chi connectivity index (χ3n) is 5.32. The van der Waals surface area contributed by atoms with E-state index in [-0.39, 0.29) is 23.0 Å². The Bertz CT molecular complexity index is 786. The molecule has 2 fully saturated rings. The summed E-state index contributed by atoms with van der Waals surface area (Å²) >= 11 is 0. The van der Waals surface area contributed by atoms with E-state index in [9.17, 15) is 9.18 Å². The van der Waals surface area contributed by atoms with Crippen LogP contribution in [0.15, 0.2) is 48.8 Å². The minimum atomic E-state index is -0.483. The number of carbonyl (C=O) groups excluding carboxylic acids is 1. The molecule has 0 spiro atoms. The molecule has 0 aliphatic carbocycles. The van der Waals surface area contributed by atoms with Crippen molar-refractivity contribution in [2.45, 2.75) is 18.9 Å². The van der Waals surface area contributed by atoms with Crippen molar-refractivity contribution < 1.29 is 18.7 Å². The van der Waals surface area contributed by atoms with Gasteiger partial charge in [0.1, 0.15) is 11.6 Å². The first kappa shape index (κ1) is 17.0. The van der Waals surface area contributed by atoms with Gasteiger partial charge in [-0.15, -0.1) is 0 Å². The standard InChI is InChI=1S/C20H21FN2O3/c21-17-6-2-1-5-16(17)19(24)23-10-7-18-20(13-23,8-11-25-18)14-26-15-4-3-9-22-12-15/h1-6,9,12,18H,7-8,10-11,13-14H2/t18-,20+/m0/s1. The Kier molecular flexibility index (Phi) is 4.59. The molecule has 0 unspecified atom stereocenters. The van der Waals surface area contributed by atoms with E-state index in [2.05, 4.69) is 4.98 Å². The van der Waals surface area contributed by atoms with Crippen LogP contribution in [0.1, 0.15) is 23.2 Å². The monoisotopic (exact) mass is 356 g/mol. The summed E-state index contributed by atoms with van der Waals surface area (Å²) in [7, 11) is 0. The van der Waals surface area contributed by atoms with E-state index in [1.165, 1.54) is 12.1 Å². The number of nitrogens with zero attached hydrogens (tertiary/aromatic N) is 2. The van der Waals surface area contributed by atoms with Crippen LogP contribution < -0.4 is 4.74 Å². The highest BCUT2D eigenvalue weighted by molar-refractivity contribution is 5.94. The first-order valence-electron chi connectivity index (χ1n) is 8.86. The molecule has 1 amide bonds. The van der Waals surface area contributed by atoms with Crippen LogP contribution >= 0.6 is 0 Å². The lowest BCUT2D eigenvalue weighted by atomic mass is 9.77. The average Bonchev–Trinajstić information content (AvgIpc) is 3.10. The third-order valence-corrected chi connectivity index (χ3v) is 5.32. The number of pyridine rings is 1. The fourth-order valence-electron chi connectivity index (χ4n) is 3.89. The van der Waals surface area contributed by atoms with E-state index in [0.29, 0.717) is 32.1 Å². The predicted octanol–water partition coefficient (Wildman–Crippen LogP) is 2.92. The minimum absolute atomic E-state index is 0.0591. The van der Waals surface area contributed by atoms with Gasteiger partial charge in [-0.05, 0) is 37.1 Å². The van der Waals surface area contributed by atoms with Crippen molar-refractivity contribution in [2.75, 3.05) is 26.3 Å². The molecular formula is C20H21FN2O3. The van der Waals surface area contributed by atoms with Gasteiger partial charge in [-0.25, -0.2) is 4.39 Å². The molecular weight excluding hydrogens is 335 g/mol. The molecule has 2 atom stereocenters. The van der Waals surface area contributed by atoms with Crippen LogP contribution in [-0.4, -0.2) is 48.2 Å². The molecule has 1 aromatic heterocycles. The summed E-state index contributed by atoms with van der Waals surface area (Å²) in [5.41, 5.74) is -0.150. The van der Waals surface area contributed by atoms with Gasteiger partial charge in [0.05, 0.1) is 29.9 Å². The van der Waals surface area contributed by atoms with Crippen LogP contribution in [0.3, 0.4) is 0 Å². The molecule has 6 heteroatoms. The Hall–Kier alpha value is -2.47. The predicted molar refractivity (Wildman–Crippen MR) is 93.4 cm³/mol. The molecule has 26 heavy (non-hydrogen) atoms. The maximum absolute atomic E-state index is 14.0. The van der Waals surface area contributed by atoms with E-state index < -0.39 is 5.82 Å². The van der Waals surface area contributed by atoms with Gasteiger partial charge in [0.25, 0.3) is 5.91 Å². The number of ether oxygens (including phenoxy) is 2. The lowest BCUT2D eigenvalue weighted by Gasteiger charge is -2.43. The Morgan fingerprint density at radius 3 is 3.04 bits per heavy atom. The van der Waals surface area contributed by atoms with E-state index >= 15 is 0 Å². The van der Waals surface area contributed by atoms with Gasteiger partial charge < -0.3 is 14.4 Å². The molecule has 0 N–H and O–H groups in total. The number of hydrogen-bond donors (Lipinski definition) is 0. The molecule has 1 aromatic carbocycles. The molecule has 5 nitrogen and oxygen atoms in total. The fraction of sp³-hybridized carbons (Fsp3) is 0.400. The minimum Gasteiger partial charge on any atom is -0.491 e. The molecule has 3 heterocycles. The number of piperidine rings is 1. The number of aromatic nitrogens is 1. The zero-order valence-corrected chi connectivity index (χ0v) is 14.4. The summed E-state index contributed by atoms with van der Waals surface area (Å²) in [5.74, 6) is -0.0535. The fourth-order valence-corrected chi connectivity index (χ4v) is 3.89. The largest absolute Gasteiger partial charge is 0.491 e. The summed E-state index contributed by atoms with van der Waals surface area (Å²) in [6.07, 6.45) is 4.98. The van der Waals surface area contributed by atoms with Crippen LogP contribution in [0.4, 0.5) is 4.39 Å². The van der Waals surface area contributed by atoms with Gasteiger partial charge in [0.15, 0.2) is 0 Å². The average molecular weight is 356 g/mol. The molecule has 4 rings (SSSR count). The number of benzene rings is 1. The topological polar surface area (TPSA) is 51.7 Å². The first-order valence-corrected chi connectivity index (χ1v) is 8.86. The highest BCUT2D eigenvalue weighted by Gasteiger charge is 2.49. The van der Waals surface area contributed by atoms with Crippen molar-refractivity contribution in [2.24, 2.45) is 5.41 Å². The van der Waals surface area contributed by atoms with Crippen molar-refractivity contribution >= 4 is 5.91 Å². The van der Waals surface area contributed by atoms with E-state index in [0.717, 1.165) is 12.8 Å². The van der Waals surface area contributed by atoms with Crippen LogP contribution in [0.25, 0.3) is 0 Å². The second-order valence-corrected chi connectivity index (χ2v) is 6.94. The zero-order valence-electron chi connectivity index (χ0n) is 14.4. The Balaban J connectivity index is 1.52. The number of likely N-dealkylation sites (tertiary alicyclic amines) is 1. The molecule has 136 valence electrons. The Morgan fingerprint density at radius 1 is 1.35 bits per heavy atom. The van der Waals surface area contributed by atoms with Crippen molar-refractivity contribution in [3.8, 4) is 5.75 Å². The zero-order chi connectivity index (χ0) is 18.0. The first-order chi connectivity index (χ1) is 12.7. The molecule has 0 saturated carbocycles. The highest BCUT2D eigenvalue weighted by atomic mass is 19.1. The summed E-state index contributed by atoms with van der Waals surface area (Å²) in [6, 6.07) is 9.81. The smallest absolute Gasteiger partial charge is 0.256 e. The van der Waals surface area contributed by atoms with Crippen LogP contribution in [-0.2, 0) is 4.74 Å². The Labute approximate surface area is 151 Å². The van der Waals surface area contributed by atoms with E-state index in [4.69, 9.17) is 9.47 Å². The summed E-state index contributed by atoms with van der Waals surface area (Å²) < 4.78 is 25.9. The maximum Gasteiger partial charge on any atom is 0.256 e. The Morgan fingerprint density at radius 2 is 2.23 bits per heavy atom. The van der Waals surface area contributed by atoms with Gasteiger partial charge in [0, 0.05) is 25.9 Å². The van der Waals surface area contributed by atoms with Crippen molar-refractivity contribution in [3.63, 3.8) is 0 Å². The van der Waals surface area contributed by atoms with Crippen molar-refractivity contribution in [1.29, 1.82) is 0 Å². The second-order valence-electron chi connectivity index (χ2n) is 6.94. The molecule has 2 aliphatic rings. The number of rotatable bonds is 4. The van der Waals surface area contributed by atoms with Crippen LogP contribution in [0.5, 0.6) is 5.75 Å². The van der Waals surface area contributed by atoms with Gasteiger partial charge in [-0.3, -0.25) is 9.78 Å². The lowest BCUT2D eigenvalue weighted by Crippen LogP contribution is -2.54.